The summed E-state index contributed by atoms with van der Waals surface area (Å²) in [6, 6.07) is 98.7. The van der Waals surface area contributed by atoms with E-state index in [9.17, 15) is 0 Å². The Hall–Kier alpha value is -9.24. The molecule has 11 aromatic carbocycles. The average molecular weight is 945 g/mol. The van der Waals surface area contributed by atoms with Crippen LogP contribution >= 0.6 is 0 Å². The number of fused-ring (bicyclic) bond motifs is 7. The number of rotatable bonds is 9. The lowest BCUT2D eigenvalue weighted by Gasteiger charge is -2.35. The van der Waals surface area contributed by atoms with Gasteiger partial charge in [-0.05, 0) is 139 Å². The Bertz CT molecular complexity index is 4100. The maximum absolute atomic E-state index is 2.52. The normalized spacial score (nSPS) is 15.5. The Balaban J connectivity index is 0.882. The van der Waals surface area contributed by atoms with Crippen molar-refractivity contribution in [1.29, 1.82) is 0 Å². The summed E-state index contributed by atoms with van der Waals surface area (Å²) in [6.07, 6.45) is 7.28. The van der Waals surface area contributed by atoms with Gasteiger partial charge in [0.25, 0.3) is 0 Å². The standard InChI is InChI=1S/C72H52N2/c1-49-32-37-61(47-66(49)56-23-17-22-53(44-56)55-36-43-71-67(46-55)65-29-14-16-31-70(65)74(71)59-38-33-52(34-39-59)50-18-5-2-6-19-50)73(60-40-35-51-20-11-12-21-54(51)45-60)62-41-42-64-63-28-13-15-30-68(63)72(69(64)48-62,57-24-7-3-8-25-57)58-26-9-4-10-27-58/h2-49,66H,1H3. The molecule has 350 valence electrons. The van der Waals surface area contributed by atoms with E-state index in [-0.39, 0.29) is 11.8 Å². The molecule has 0 N–H and O–H groups in total. The SMILES string of the molecule is CC1C=CC(N(c2ccc3c(c2)C(c2ccccc2)(c2ccccc2)c2ccccc2-3)c2ccc3ccccc3c2)=CC1c1cccc(-c2ccc3c(c2)c2ccccc2n3-c2ccc(-c3ccccc3)cc2)c1. The molecule has 12 aromatic rings. The molecule has 0 saturated carbocycles. The third-order valence-electron chi connectivity index (χ3n) is 15.9. The van der Waals surface area contributed by atoms with Gasteiger partial charge in [0.1, 0.15) is 0 Å². The second-order valence-electron chi connectivity index (χ2n) is 20.1. The van der Waals surface area contributed by atoms with Crippen molar-refractivity contribution in [2.24, 2.45) is 5.92 Å². The summed E-state index contributed by atoms with van der Waals surface area (Å²) in [5.74, 6) is 0.410. The van der Waals surface area contributed by atoms with Gasteiger partial charge in [0.15, 0.2) is 0 Å². The summed E-state index contributed by atoms with van der Waals surface area (Å²) in [5.41, 5.74) is 20.3. The Labute approximate surface area is 433 Å². The molecule has 0 fully saturated rings. The molecule has 2 atom stereocenters. The first-order chi connectivity index (χ1) is 36.6. The van der Waals surface area contributed by atoms with Crippen molar-refractivity contribution in [3.05, 3.63) is 319 Å². The van der Waals surface area contributed by atoms with E-state index in [2.05, 4.69) is 302 Å². The molecule has 2 heteroatoms. The highest BCUT2D eigenvalue weighted by Gasteiger charge is 2.46. The van der Waals surface area contributed by atoms with Gasteiger partial charge < -0.3 is 9.47 Å². The highest BCUT2D eigenvalue weighted by molar-refractivity contribution is 6.10. The first kappa shape index (κ1) is 43.5. The molecule has 14 rings (SSSR count). The summed E-state index contributed by atoms with van der Waals surface area (Å²) in [6.45, 7) is 2.36. The smallest absolute Gasteiger partial charge is 0.0714 e. The van der Waals surface area contributed by atoms with Crippen molar-refractivity contribution >= 4 is 44.0 Å². The van der Waals surface area contributed by atoms with Crippen LogP contribution in [0.15, 0.2) is 291 Å². The number of allylic oxidation sites excluding steroid dienone is 3. The monoisotopic (exact) mass is 944 g/mol. The Kier molecular flexibility index (Phi) is 10.5. The third-order valence-corrected chi connectivity index (χ3v) is 15.9. The number of hydrogen-bond donors (Lipinski definition) is 0. The van der Waals surface area contributed by atoms with Crippen LogP contribution in [0.1, 0.15) is 40.7 Å². The molecule has 1 aromatic heterocycles. The van der Waals surface area contributed by atoms with Gasteiger partial charge in [-0.2, -0.15) is 0 Å². The van der Waals surface area contributed by atoms with E-state index < -0.39 is 5.41 Å². The number of hydrogen-bond acceptors (Lipinski definition) is 1. The minimum Gasteiger partial charge on any atom is -0.311 e. The first-order valence-electron chi connectivity index (χ1n) is 25.9. The lowest BCUT2D eigenvalue weighted by Crippen LogP contribution is -2.29. The third kappa shape index (κ3) is 7.09. The molecule has 2 aliphatic rings. The fourth-order valence-corrected chi connectivity index (χ4v) is 12.4. The van der Waals surface area contributed by atoms with Crippen molar-refractivity contribution in [3.63, 3.8) is 0 Å². The molecular formula is C72H52N2. The van der Waals surface area contributed by atoms with Crippen LogP contribution in [0, 0.1) is 5.92 Å². The summed E-state index contributed by atoms with van der Waals surface area (Å²) in [4.78, 5) is 2.49. The molecule has 2 unspecified atom stereocenters. The Morgan fingerprint density at radius 1 is 0.405 bits per heavy atom. The number of nitrogens with zero attached hydrogens (tertiary/aromatic N) is 2. The lowest BCUT2D eigenvalue weighted by atomic mass is 9.67. The van der Waals surface area contributed by atoms with Crippen LogP contribution in [0.25, 0.3) is 71.6 Å². The zero-order valence-corrected chi connectivity index (χ0v) is 41.2. The Morgan fingerprint density at radius 2 is 1.00 bits per heavy atom. The topological polar surface area (TPSA) is 8.17 Å². The summed E-state index contributed by atoms with van der Waals surface area (Å²) in [7, 11) is 0. The van der Waals surface area contributed by atoms with Crippen molar-refractivity contribution < 1.29 is 0 Å². The van der Waals surface area contributed by atoms with Gasteiger partial charge in [0.2, 0.25) is 0 Å². The van der Waals surface area contributed by atoms with E-state index in [4.69, 9.17) is 0 Å². The van der Waals surface area contributed by atoms with Gasteiger partial charge in [-0.1, -0.05) is 231 Å². The molecule has 0 bridgehead atoms. The Morgan fingerprint density at radius 3 is 1.80 bits per heavy atom. The van der Waals surface area contributed by atoms with E-state index >= 15 is 0 Å². The second-order valence-corrected chi connectivity index (χ2v) is 20.1. The van der Waals surface area contributed by atoms with Gasteiger partial charge in [-0.25, -0.2) is 0 Å². The number of para-hydroxylation sites is 1. The van der Waals surface area contributed by atoms with Crippen molar-refractivity contribution in [2.45, 2.75) is 18.3 Å². The molecular weight excluding hydrogens is 893 g/mol. The van der Waals surface area contributed by atoms with Gasteiger partial charge in [-0.3, -0.25) is 0 Å². The predicted molar refractivity (Wildman–Crippen MR) is 311 cm³/mol. The second kappa shape index (κ2) is 17.8. The molecule has 2 aliphatic carbocycles. The van der Waals surface area contributed by atoms with Crippen LogP contribution in [0.4, 0.5) is 11.4 Å². The average Bonchev–Trinajstić information content (AvgIpc) is 3.96. The number of benzene rings is 11. The summed E-state index contributed by atoms with van der Waals surface area (Å²) < 4.78 is 2.41. The largest absolute Gasteiger partial charge is 0.311 e. The van der Waals surface area contributed by atoms with Crippen LogP contribution in [-0.4, -0.2) is 4.57 Å². The van der Waals surface area contributed by atoms with Gasteiger partial charge >= 0.3 is 0 Å². The fraction of sp³-hybridized carbons (Fsp3) is 0.0556. The summed E-state index contributed by atoms with van der Waals surface area (Å²) in [5, 5.41) is 4.94. The van der Waals surface area contributed by atoms with Crippen LogP contribution < -0.4 is 4.90 Å². The van der Waals surface area contributed by atoms with Crippen LogP contribution in [0.3, 0.4) is 0 Å². The highest BCUT2D eigenvalue weighted by atomic mass is 15.1. The van der Waals surface area contributed by atoms with Crippen molar-refractivity contribution in [3.8, 4) is 39.1 Å². The molecule has 0 spiro atoms. The predicted octanol–water partition coefficient (Wildman–Crippen LogP) is 18.6. The zero-order chi connectivity index (χ0) is 49.2. The number of aromatic nitrogens is 1. The molecule has 0 saturated heterocycles. The fourth-order valence-electron chi connectivity index (χ4n) is 12.4. The van der Waals surface area contributed by atoms with Gasteiger partial charge in [-0.15, -0.1) is 0 Å². The highest BCUT2D eigenvalue weighted by Crippen LogP contribution is 2.57. The maximum atomic E-state index is 2.52. The van der Waals surface area contributed by atoms with E-state index in [1.165, 1.54) is 93.8 Å². The molecule has 74 heavy (non-hydrogen) atoms. The van der Waals surface area contributed by atoms with Crippen molar-refractivity contribution in [2.75, 3.05) is 4.90 Å². The zero-order valence-electron chi connectivity index (χ0n) is 41.2. The summed E-state index contributed by atoms with van der Waals surface area (Å²) >= 11 is 0. The quantitative estimate of drug-likeness (QED) is 0.140. The van der Waals surface area contributed by atoms with Gasteiger partial charge in [0.05, 0.1) is 16.4 Å². The minimum absolute atomic E-state index is 0.133. The van der Waals surface area contributed by atoms with Gasteiger partial charge in [0, 0.05) is 39.4 Å². The lowest BCUT2D eigenvalue weighted by molar-refractivity contribution is 0.629. The van der Waals surface area contributed by atoms with E-state index in [1.807, 2.05) is 0 Å². The molecule has 0 aliphatic heterocycles. The maximum Gasteiger partial charge on any atom is 0.0714 e. The van der Waals surface area contributed by atoms with Crippen LogP contribution in [0.5, 0.6) is 0 Å². The minimum atomic E-state index is -0.514. The molecule has 0 radical (unpaired) electrons. The first-order valence-corrected chi connectivity index (χ1v) is 25.9. The van der Waals surface area contributed by atoms with Crippen LogP contribution in [-0.2, 0) is 5.41 Å². The number of anilines is 2. The van der Waals surface area contributed by atoms with E-state index in [0.29, 0.717) is 0 Å². The van der Waals surface area contributed by atoms with E-state index in [1.54, 1.807) is 0 Å². The van der Waals surface area contributed by atoms with Crippen LogP contribution in [0.2, 0.25) is 0 Å². The molecule has 1 heterocycles. The molecule has 0 amide bonds. The van der Waals surface area contributed by atoms with Crippen molar-refractivity contribution in [1.82, 2.24) is 4.57 Å². The molecule has 2 nitrogen and oxygen atoms in total. The van der Waals surface area contributed by atoms with E-state index in [0.717, 1.165) is 22.8 Å².